The summed E-state index contributed by atoms with van der Waals surface area (Å²) in [5, 5.41) is 10.6. The van der Waals surface area contributed by atoms with Crippen LogP contribution in [0, 0.1) is 31.6 Å². The molecule has 4 aliphatic rings. The van der Waals surface area contributed by atoms with Crippen LogP contribution in [0.4, 0.5) is 11.4 Å². The van der Waals surface area contributed by atoms with Gasteiger partial charge in [-0.25, -0.2) is 0 Å². The van der Waals surface area contributed by atoms with Gasteiger partial charge in [-0.15, -0.1) is 0 Å². The average molecular weight is 614 g/mol. The van der Waals surface area contributed by atoms with E-state index in [0.29, 0.717) is 24.6 Å². The Morgan fingerprint density at radius 2 is 1.56 bits per heavy atom. The SMILES string of the molecule is CCOc1ccc(N2CC=C[C@@]3(C)O[C@]45C=CCN(c6c(C)cccc6C)C(=O)C4N([C@@H](CO)C(C)C)C(=O)[C@@H]5[C@H]3C2=O)cc1. The van der Waals surface area contributed by atoms with Crippen LogP contribution >= 0.6 is 0 Å². The normalized spacial score (nSPS) is 29.9. The third kappa shape index (κ3) is 4.70. The van der Waals surface area contributed by atoms with Crippen LogP contribution in [0.25, 0.3) is 0 Å². The summed E-state index contributed by atoms with van der Waals surface area (Å²) in [4.78, 5) is 49.3. The molecule has 6 atom stereocenters. The highest BCUT2D eigenvalue weighted by Crippen LogP contribution is 2.58. The fourth-order valence-corrected chi connectivity index (χ4v) is 7.99. The van der Waals surface area contributed by atoms with Crippen LogP contribution in [-0.2, 0) is 19.1 Å². The van der Waals surface area contributed by atoms with Crippen LogP contribution in [0.15, 0.2) is 66.8 Å². The summed E-state index contributed by atoms with van der Waals surface area (Å²) in [5.74, 6) is -2.21. The van der Waals surface area contributed by atoms with Crippen LogP contribution in [0.5, 0.6) is 5.75 Å². The maximum atomic E-state index is 14.9. The number of anilines is 2. The molecule has 1 N–H and O–H groups in total. The maximum absolute atomic E-state index is 14.9. The molecule has 1 spiro atoms. The number of amides is 3. The highest BCUT2D eigenvalue weighted by molar-refractivity contribution is 6.08. The number of hydrogen-bond acceptors (Lipinski definition) is 6. The van der Waals surface area contributed by atoms with E-state index in [0.717, 1.165) is 16.8 Å². The standard InChI is InChI=1S/C36H43N3O6/c1-7-44-26-15-13-25(14-16-26)37-19-9-17-35(6)28(32(37)41)29-33(42)39(27(21-40)22(2)3)31-34(43)38(20-10-18-36(29,31)45-35)30-23(4)11-8-12-24(30)5/h8-18,22,27-29,31,40H,7,19-21H2,1-6H3/t27-,28-,29-,31?,35+,36-/m0/s1. The molecule has 0 aromatic heterocycles. The van der Waals surface area contributed by atoms with Gasteiger partial charge in [0.15, 0.2) is 0 Å². The van der Waals surface area contributed by atoms with Crippen molar-refractivity contribution in [2.24, 2.45) is 17.8 Å². The first-order valence-corrected chi connectivity index (χ1v) is 15.9. The minimum atomic E-state index is -1.41. The smallest absolute Gasteiger partial charge is 0.253 e. The molecule has 45 heavy (non-hydrogen) atoms. The van der Waals surface area contributed by atoms with Gasteiger partial charge in [-0.2, -0.15) is 0 Å². The van der Waals surface area contributed by atoms with Gasteiger partial charge in [-0.1, -0.05) is 56.4 Å². The summed E-state index contributed by atoms with van der Waals surface area (Å²) in [5.41, 5.74) is 0.797. The van der Waals surface area contributed by atoms with E-state index in [4.69, 9.17) is 9.47 Å². The summed E-state index contributed by atoms with van der Waals surface area (Å²) in [6.45, 7) is 12.3. The molecule has 3 amide bonds. The minimum Gasteiger partial charge on any atom is -0.494 e. The Labute approximate surface area is 265 Å². The third-order valence-corrected chi connectivity index (χ3v) is 9.98. The van der Waals surface area contributed by atoms with Crippen molar-refractivity contribution in [3.8, 4) is 5.75 Å². The number of rotatable bonds is 7. The Morgan fingerprint density at radius 3 is 2.18 bits per heavy atom. The van der Waals surface area contributed by atoms with Crippen LogP contribution in [-0.4, -0.2) is 77.3 Å². The fraction of sp³-hybridized carbons (Fsp3) is 0.472. The number of aliphatic hydroxyl groups excluding tert-OH is 1. The lowest BCUT2D eigenvalue weighted by molar-refractivity contribution is -0.149. The summed E-state index contributed by atoms with van der Waals surface area (Å²) in [6, 6.07) is 11.5. The molecule has 9 heteroatoms. The van der Waals surface area contributed by atoms with Gasteiger partial charge in [0.25, 0.3) is 5.91 Å². The number of likely N-dealkylation sites (tertiary alicyclic amines) is 1. The van der Waals surface area contributed by atoms with Crippen LogP contribution in [0.1, 0.15) is 38.8 Å². The van der Waals surface area contributed by atoms with Crippen LogP contribution in [0.3, 0.4) is 0 Å². The van der Waals surface area contributed by atoms with Crippen LogP contribution < -0.4 is 14.5 Å². The van der Waals surface area contributed by atoms with Gasteiger partial charge in [0.2, 0.25) is 11.8 Å². The number of ether oxygens (including phenoxy) is 2. The van der Waals surface area contributed by atoms with Crippen molar-refractivity contribution in [1.82, 2.24) is 4.90 Å². The molecule has 4 heterocycles. The van der Waals surface area contributed by atoms with Crippen molar-refractivity contribution < 1.29 is 29.0 Å². The van der Waals surface area contributed by atoms with Gasteiger partial charge < -0.3 is 29.3 Å². The Hall–Kier alpha value is -3.95. The Balaban J connectivity index is 1.49. The van der Waals surface area contributed by atoms with Gasteiger partial charge in [0, 0.05) is 24.5 Å². The molecule has 0 saturated carbocycles. The van der Waals surface area contributed by atoms with E-state index >= 15 is 0 Å². The monoisotopic (exact) mass is 613 g/mol. The summed E-state index contributed by atoms with van der Waals surface area (Å²) < 4.78 is 12.6. The second-order valence-electron chi connectivity index (χ2n) is 13.1. The second kappa shape index (κ2) is 11.4. The number of aryl methyl sites for hydroxylation is 2. The summed E-state index contributed by atoms with van der Waals surface area (Å²) >= 11 is 0. The van der Waals surface area contributed by atoms with E-state index in [1.165, 1.54) is 4.90 Å². The van der Waals surface area contributed by atoms with Crippen LogP contribution in [0.2, 0.25) is 0 Å². The zero-order valence-corrected chi connectivity index (χ0v) is 26.9. The largest absolute Gasteiger partial charge is 0.494 e. The molecule has 6 rings (SSSR count). The number of para-hydroxylation sites is 1. The zero-order valence-electron chi connectivity index (χ0n) is 26.9. The lowest BCUT2D eigenvalue weighted by atomic mass is 9.74. The molecular formula is C36H43N3O6. The maximum Gasteiger partial charge on any atom is 0.253 e. The molecule has 2 saturated heterocycles. The summed E-state index contributed by atoms with van der Waals surface area (Å²) in [7, 11) is 0. The first-order valence-electron chi connectivity index (χ1n) is 15.9. The van der Waals surface area contributed by atoms with Crippen molar-refractivity contribution in [2.45, 2.75) is 64.8 Å². The number of carbonyl (C=O) groups is 3. The predicted octanol–water partition coefficient (Wildman–Crippen LogP) is 4.20. The lowest BCUT2D eigenvalue weighted by Gasteiger charge is -2.41. The molecule has 1 unspecified atom stereocenters. The number of hydrogen-bond donors (Lipinski definition) is 1. The number of carbonyl (C=O) groups excluding carboxylic acids is 3. The Morgan fingerprint density at radius 1 is 0.911 bits per heavy atom. The average Bonchev–Trinajstić information content (AvgIpc) is 3.26. The molecule has 2 aromatic rings. The van der Waals surface area contributed by atoms with Crippen molar-refractivity contribution in [1.29, 1.82) is 0 Å². The van der Waals surface area contributed by atoms with Crippen molar-refractivity contribution in [2.75, 3.05) is 36.1 Å². The van der Waals surface area contributed by atoms with E-state index in [-0.39, 0.29) is 36.8 Å². The molecule has 9 nitrogen and oxygen atoms in total. The Kier molecular flexibility index (Phi) is 7.90. The molecule has 0 bridgehead atoms. The van der Waals surface area contributed by atoms with Gasteiger partial charge in [-0.05, 0) is 69.0 Å². The quantitative estimate of drug-likeness (QED) is 0.470. The topological polar surface area (TPSA) is 99.6 Å². The molecule has 238 valence electrons. The first kappa shape index (κ1) is 31.0. The number of aliphatic hydroxyl groups is 1. The predicted molar refractivity (Wildman–Crippen MR) is 172 cm³/mol. The highest BCUT2D eigenvalue weighted by Gasteiger charge is 2.75. The lowest BCUT2D eigenvalue weighted by Crippen LogP contribution is -2.60. The van der Waals surface area contributed by atoms with Crippen molar-refractivity contribution in [3.05, 3.63) is 77.9 Å². The second-order valence-corrected chi connectivity index (χ2v) is 13.1. The number of nitrogens with zero attached hydrogens (tertiary/aromatic N) is 3. The number of benzene rings is 2. The van der Waals surface area contributed by atoms with Crippen molar-refractivity contribution >= 4 is 29.1 Å². The van der Waals surface area contributed by atoms with Gasteiger partial charge in [0.05, 0.1) is 36.7 Å². The fourth-order valence-electron chi connectivity index (χ4n) is 7.99. The Bertz CT molecular complexity index is 1550. The molecule has 0 radical (unpaired) electrons. The third-order valence-electron chi connectivity index (χ3n) is 9.98. The molecular weight excluding hydrogens is 570 g/mol. The highest BCUT2D eigenvalue weighted by atomic mass is 16.5. The van der Waals surface area contributed by atoms with E-state index < -0.39 is 35.1 Å². The van der Waals surface area contributed by atoms with Crippen molar-refractivity contribution in [3.63, 3.8) is 0 Å². The zero-order chi connectivity index (χ0) is 32.3. The van der Waals surface area contributed by atoms with E-state index in [9.17, 15) is 19.5 Å². The molecule has 0 aliphatic carbocycles. The number of fused-ring (bicyclic) bond motifs is 2. The van der Waals surface area contributed by atoms with E-state index in [1.54, 1.807) is 9.80 Å². The van der Waals surface area contributed by atoms with Gasteiger partial charge in [0.1, 0.15) is 17.4 Å². The van der Waals surface area contributed by atoms with E-state index in [1.807, 2.05) is 108 Å². The molecule has 4 aliphatic heterocycles. The van der Waals surface area contributed by atoms with E-state index in [2.05, 4.69) is 0 Å². The van der Waals surface area contributed by atoms with Gasteiger partial charge >= 0.3 is 0 Å². The summed E-state index contributed by atoms with van der Waals surface area (Å²) in [6.07, 6.45) is 7.52. The molecule has 2 aromatic carbocycles. The van der Waals surface area contributed by atoms with Gasteiger partial charge in [-0.3, -0.25) is 14.4 Å². The first-order chi connectivity index (χ1) is 21.5. The minimum absolute atomic E-state index is 0.153. The molecule has 2 fully saturated rings.